The number of anilines is 1. The molecule has 5 N–H and O–H groups in total. The van der Waals surface area contributed by atoms with Gasteiger partial charge in [0.05, 0.1) is 23.3 Å². The van der Waals surface area contributed by atoms with E-state index in [1.54, 1.807) is 10.6 Å². The number of halogens is 1. The average Bonchev–Trinajstić information content (AvgIpc) is 2.96. The number of pyridine rings is 1. The molecule has 0 unspecified atom stereocenters. The molecule has 1 aromatic heterocycles. The van der Waals surface area contributed by atoms with Gasteiger partial charge in [0.15, 0.2) is 11.5 Å². The number of piperazine rings is 1. The summed E-state index contributed by atoms with van der Waals surface area (Å²) in [4.78, 5) is 52.4. The molecule has 3 aromatic rings. The molecule has 224 valence electrons. The molecule has 12 nitrogen and oxygen atoms in total. The Hall–Kier alpha value is -4.65. The highest BCUT2D eigenvalue weighted by molar-refractivity contribution is 5.97. The molecule has 1 aliphatic heterocycles. The molecule has 0 radical (unpaired) electrons. The molecule has 2 heterocycles. The number of aromatic carboxylic acids is 1. The molecule has 0 bridgehead atoms. The minimum absolute atomic E-state index is 0.0118. The summed E-state index contributed by atoms with van der Waals surface area (Å²) in [7, 11) is 0. The zero-order valence-electron chi connectivity index (χ0n) is 23.2. The third-order valence-electron chi connectivity index (χ3n) is 7.27. The Morgan fingerprint density at radius 2 is 1.67 bits per heavy atom. The third-order valence-corrected chi connectivity index (χ3v) is 7.27. The molecule has 0 aliphatic carbocycles. The summed E-state index contributed by atoms with van der Waals surface area (Å²) < 4.78 is 16.7. The number of nitrogens with zero attached hydrogens (tertiary/aromatic N) is 3. The lowest BCUT2D eigenvalue weighted by molar-refractivity contribution is -0.122. The van der Waals surface area contributed by atoms with Gasteiger partial charge in [-0.1, -0.05) is 6.07 Å². The maximum Gasteiger partial charge on any atom is 0.341 e. The largest absolute Gasteiger partial charge is 0.504 e. The second-order valence-corrected chi connectivity index (χ2v) is 10.0. The van der Waals surface area contributed by atoms with E-state index in [4.69, 9.17) is 0 Å². The number of benzene rings is 2. The van der Waals surface area contributed by atoms with Gasteiger partial charge in [0.2, 0.25) is 11.3 Å². The highest BCUT2D eigenvalue weighted by atomic mass is 19.1. The number of carbonyl (C=O) groups excluding carboxylic acids is 2. The Bertz CT molecular complexity index is 1550. The first-order valence-corrected chi connectivity index (χ1v) is 13.7. The number of phenols is 2. The Morgan fingerprint density at radius 3 is 2.33 bits per heavy atom. The lowest BCUT2D eigenvalue weighted by Gasteiger charge is -2.36. The van der Waals surface area contributed by atoms with E-state index in [1.165, 1.54) is 24.4 Å². The highest BCUT2D eigenvalue weighted by Crippen LogP contribution is 2.28. The van der Waals surface area contributed by atoms with E-state index in [9.17, 15) is 34.5 Å². The van der Waals surface area contributed by atoms with Crippen molar-refractivity contribution in [2.24, 2.45) is 0 Å². The number of para-hydroxylation sites is 1. The second-order valence-electron chi connectivity index (χ2n) is 10.0. The minimum Gasteiger partial charge on any atom is -0.504 e. The number of fused-ring (bicyclic) bond motifs is 1. The monoisotopic (exact) mass is 583 g/mol. The molecule has 2 aromatic carbocycles. The van der Waals surface area contributed by atoms with Gasteiger partial charge in [-0.05, 0) is 44.0 Å². The van der Waals surface area contributed by atoms with E-state index in [0.717, 1.165) is 6.07 Å². The number of carboxylic acids is 1. The van der Waals surface area contributed by atoms with Crippen molar-refractivity contribution in [3.05, 3.63) is 63.7 Å². The Balaban J connectivity index is 1.22. The van der Waals surface area contributed by atoms with Crippen molar-refractivity contribution in [3.63, 3.8) is 0 Å². The number of rotatable bonds is 11. The van der Waals surface area contributed by atoms with Crippen LogP contribution in [-0.2, 0) is 11.3 Å². The smallest absolute Gasteiger partial charge is 0.341 e. The van der Waals surface area contributed by atoms with Crippen molar-refractivity contribution in [2.75, 3.05) is 50.7 Å². The number of carbonyl (C=O) groups is 3. The van der Waals surface area contributed by atoms with E-state index in [2.05, 4.69) is 10.6 Å². The molecule has 0 atom stereocenters. The number of aryl methyl sites for hydroxylation is 1. The van der Waals surface area contributed by atoms with E-state index >= 15 is 4.39 Å². The molecule has 1 aliphatic rings. The summed E-state index contributed by atoms with van der Waals surface area (Å²) >= 11 is 0. The van der Waals surface area contributed by atoms with Crippen LogP contribution in [-0.4, -0.2) is 88.4 Å². The molecular weight excluding hydrogens is 549 g/mol. The summed E-state index contributed by atoms with van der Waals surface area (Å²) in [6, 6.07) is 6.84. The van der Waals surface area contributed by atoms with Crippen LogP contribution in [0.5, 0.6) is 11.5 Å². The predicted molar refractivity (Wildman–Crippen MR) is 154 cm³/mol. The summed E-state index contributed by atoms with van der Waals surface area (Å²) in [6.07, 6.45) is 2.51. The number of hydrogen-bond donors (Lipinski definition) is 5. The third kappa shape index (κ3) is 6.79. The zero-order valence-corrected chi connectivity index (χ0v) is 23.2. The Kier molecular flexibility index (Phi) is 9.63. The van der Waals surface area contributed by atoms with Crippen LogP contribution in [0, 0.1) is 5.82 Å². The predicted octanol–water partition coefficient (Wildman–Crippen LogP) is 1.72. The van der Waals surface area contributed by atoms with Gasteiger partial charge < -0.3 is 35.4 Å². The molecule has 2 amide bonds. The number of aromatic nitrogens is 1. The van der Waals surface area contributed by atoms with E-state index in [0.29, 0.717) is 69.9 Å². The van der Waals surface area contributed by atoms with E-state index in [-0.39, 0.29) is 29.2 Å². The SMILES string of the molecule is CCn1cc(C(=O)O)c(=O)c2cc(F)c(N3CCN(CC(=O)NCCCCNC(=O)c4cccc(O)c4O)CC3)cc21. The fourth-order valence-corrected chi connectivity index (χ4v) is 4.95. The molecular formula is C29H34FN5O7. The number of hydrogen-bond acceptors (Lipinski definition) is 8. The lowest BCUT2D eigenvalue weighted by Crippen LogP contribution is -2.49. The first-order valence-electron chi connectivity index (χ1n) is 13.7. The summed E-state index contributed by atoms with van der Waals surface area (Å²) in [5.74, 6) is -3.44. The van der Waals surface area contributed by atoms with Gasteiger partial charge in [-0.15, -0.1) is 0 Å². The van der Waals surface area contributed by atoms with Gasteiger partial charge in [-0.2, -0.15) is 0 Å². The fourth-order valence-electron chi connectivity index (χ4n) is 4.95. The average molecular weight is 584 g/mol. The second kappa shape index (κ2) is 13.3. The van der Waals surface area contributed by atoms with Crippen LogP contribution in [0.1, 0.15) is 40.5 Å². The Morgan fingerprint density at radius 1 is 0.976 bits per heavy atom. The fraction of sp³-hybridized carbons (Fsp3) is 0.379. The standard InChI is InChI=1S/C29H34FN5O7/c1-2-34-16-20(29(41)42)26(38)19-14-21(30)23(15-22(19)34)35-12-10-33(11-13-35)17-25(37)31-8-3-4-9-32-28(40)18-6-5-7-24(36)27(18)39/h5-7,14-16,36,39H,2-4,8-13,17H2,1H3,(H,31,37)(H,32,40)(H,41,42). The number of aromatic hydroxyl groups is 2. The van der Waals surface area contributed by atoms with Gasteiger partial charge in [0.25, 0.3) is 5.91 Å². The summed E-state index contributed by atoms with van der Waals surface area (Å²) in [5.41, 5.74) is -0.351. The zero-order chi connectivity index (χ0) is 30.4. The number of phenolic OH excluding ortho intramolecular Hbond substituents is 2. The van der Waals surface area contributed by atoms with Crippen LogP contribution in [0.15, 0.2) is 41.3 Å². The van der Waals surface area contributed by atoms with Crippen LogP contribution >= 0.6 is 0 Å². The molecule has 4 rings (SSSR count). The molecule has 0 saturated carbocycles. The van der Waals surface area contributed by atoms with Gasteiger partial charge in [0, 0.05) is 57.4 Å². The number of nitrogens with one attached hydrogen (secondary N) is 2. The number of unbranched alkanes of at least 4 members (excludes halogenated alkanes) is 1. The molecule has 1 saturated heterocycles. The highest BCUT2D eigenvalue weighted by Gasteiger charge is 2.23. The van der Waals surface area contributed by atoms with E-state index < -0.39 is 34.4 Å². The molecule has 1 fully saturated rings. The van der Waals surface area contributed by atoms with Crippen molar-refractivity contribution < 1.29 is 34.1 Å². The van der Waals surface area contributed by atoms with Gasteiger partial charge in [-0.3, -0.25) is 19.3 Å². The van der Waals surface area contributed by atoms with Gasteiger partial charge in [0.1, 0.15) is 11.4 Å². The lowest BCUT2D eigenvalue weighted by atomic mass is 10.1. The molecule has 0 spiro atoms. The van der Waals surface area contributed by atoms with Crippen LogP contribution in [0.2, 0.25) is 0 Å². The van der Waals surface area contributed by atoms with Gasteiger partial charge >= 0.3 is 5.97 Å². The van der Waals surface area contributed by atoms with Crippen LogP contribution < -0.4 is 21.0 Å². The van der Waals surface area contributed by atoms with Gasteiger partial charge in [-0.25, -0.2) is 9.18 Å². The summed E-state index contributed by atoms with van der Waals surface area (Å²) in [6.45, 7) is 5.16. The minimum atomic E-state index is -1.36. The van der Waals surface area contributed by atoms with Crippen LogP contribution in [0.4, 0.5) is 10.1 Å². The van der Waals surface area contributed by atoms with Crippen molar-refractivity contribution in [1.29, 1.82) is 0 Å². The quantitative estimate of drug-likeness (QED) is 0.167. The normalized spacial score (nSPS) is 13.7. The van der Waals surface area contributed by atoms with Crippen molar-refractivity contribution in [2.45, 2.75) is 26.3 Å². The number of carboxylic acid groups (broad SMARTS) is 1. The first kappa shape index (κ1) is 30.3. The molecule has 13 heteroatoms. The number of amides is 2. The Labute approximate surface area is 241 Å². The summed E-state index contributed by atoms with van der Waals surface area (Å²) in [5, 5.41) is 34.1. The first-order chi connectivity index (χ1) is 20.1. The maximum atomic E-state index is 15.1. The van der Waals surface area contributed by atoms with Crippen LogP contribution in [0.25, 0.3) is 10.9 Å². The topological polar surface area (TPSA) is 164 Å². The van der Waals surface area contributed by atoms with Crippen molar-refractivity contribution in [3.8, 4) is 11.5 Å². The maximum absolute atomic E-state index is 15.1. The molecule has 42 heavy (non-hydrogen) atoms. The van der Waals surface area contributed by atoms with Crippen LogP contribution in [0.3, 0.4) is 0 Å². The van der Waals surface area contributed by atoms with Crippen molar-refractivity contribution in [1.82, 2.24) is 20.1 Å². The van der Waals surface area contributed by atoms with Crippen molar-refractivity contribution >= 4 is 34.4 Å². The van der Waals surface area contributed by atoms with E-state index in [1.807, 2.05) is 16.7 Å².